The molecule has 27 heavy (non-hydrogen) atoms. The van der Waals surface area contributed by atoms with Gasteiger partial charge in [0.1, 0.15) is 13.2 Å². The number of anilines is 1. The largest absolute Gasteiger partial charge is 0.486 e. The van der Waals surface area contributed by atoms with Gasteiger partial charge in [-0.25, -0.2) is 0 Å². The van der Waals surface area contributed by atoms with Crippen LogP contribution in [0, 0.1) is 0 Å². The number of amides is 1. The molecule has 1 amide bonds. The van der Waals surface area contributed by atoms with Crippen molar-refractivity contribution in [2.45, 2.75) is 18.9 Å². The number of halogens is 2. The van der Waals surface area contributed by atoms with E-state index in [4.69, 9.17) is 32.7 Å². The van der Waals surface area contributed by atoms with Crippen LogP contribution in [0.15, 0.2) is 36.4 Å². The van der Waals surface area contributed by atoms with Gasteiger partial charge in [-0.2, -0.15) is 0 Å². The van der Waals surface area contributed by atoms with Crippen LogP contribution in [0.2, 0.25) is 10.0 Å². The van der Waals surface area contributed by atoms with Crippen molar-refractivity contribution in [2.24, 2.45) is 0 Å². The van der Waals surface area contributed by atoms with Crippen molar-refractivity contribution < 1.29 is 14.3 Å². The zero-order valence-electron chi connectivity index (χ0n) is 14.7. The predicted molar refractivity (Wildman–Crippen MR) is 106 cm³/mol. The molecule has 0 aliphatic carbocycles. The second-order valence-electron chi connectivity index (χ2n) is 6.68. The fraction of sp³-hybridized carbons (Fsp3) is 0.350. The van der Waals surface area contributed by atoms with Gasteiger partial charge < -0.3 is 14.8 Å². The Kier molecular flexibility index (Phi) is 5.43. The fourth-order valence-electron chi connectivity index (χ4n) is 3.64. The lowest BCUT2D eigenvalue weighted by Gasteiger charge is -2.26. The molecule has 1 N–H and O–H groups in total. The third-order valence-corrected chi connectivity index (χ3v) is 5.52. The Morgan fingerprint density at radius 3 is 2.63 bits per heavy atom. The number of rotatable bonds is 4. The van der Waals surface area contributed by atoms with Crippen molar-refractivity contribution in [3.63, 3.8) is 0 Å². The lowest BCUT2D eigenvalue weighted by atomic mass is 10.0. The Bertz CT molecular complexity index is 839. The number of likely N-dealkylation sites (tertiary alicyclic amines) is 1. The summed E-state index contributed by atoms with van der Waals surface area (Å²) in [7, 11) is 0. The zero-order chi connectivity index (χ0) is 18.8. The summed E-state index contributed by atoms with van der Waals surface area (Å²) in [5, 5.41) is 3.70. The number of hydrogen-bond acceptors (Lipinski definition) is 4. The topological polar surface area (TPSA) is 50.8 Å². The highest BCUT2D eigenvalue weighted by Crippen LogP contribution is 2.38. The van der Waals surface area contributed by atoms with Crippen molar-refractivity contribution in [1.29, 1.82) is 0 Å². The van der Waals surface area contributed by atoms with E-state index in [1.165, 1.54) is 0 Å². The van der Waals surface area contributed by atoms with E-state index in [0.29, 0.717) is 28.9 Å². The molecule has 2 aliphatic rings. The normalized spacial score (nSPS) is 19.1. The minimum Gasteiger partial charge on any atom is -0.486 e. The Morgan fingerprint density at radius 1 is 1.11 bits per heavy atom. The number of ether oxygens (including phenoxy) is 2. The highest BCUT2D eigenvalue weighted by atomic mass is 35.5. The third kappa shape index (κ3) is 4.00. The molecule has 0 unspecified atom stereocenters. The Hall–Kier alpha value is -1.95. The molecule has 0 aromatic heterocycles. The molecule has 142 valence electrons. The Morgan fingerprint density at radius 2 is 1.85 bits per heavy atom. The van der Waals surface area contributed by atoms with Crippen LogP contribution in [-0.2, 0) is 4.79 Å². The second-order valence-corrected chi connectivity index (χ2v) is 7.49. The van der Waals surface area contributed by atoms with Gasteiger partial charge in [0.2, 0.25) is 5.91 Å². The quantitative estimate of drug-likeness (QED) is 0.809. The fourth-order valence-corrected chi connectivity index (χ4v) is 4.13. The number of nitrogens with one attached hydrogen (secondary N) is 1. The monoisotopic (exact) mass is 406 g/mol. The van der Waals surface area contributed by atoms with Crippen LogP contribution in [0.4, 0.5) is 5.69 Å². The maximum Gasteiger partial charge on any atom is 0.238 e. The van der Waals surface area contributed by atoms with Gasteiger partial charge in [-0.15, -0.1) is 0 Å². The molecule has 7 heteroatoms. The minimum atomic E-state index is -0.130. The van der Waals surface area contributed by atoms with Gasteiger partial charge in [-0.1, -0.05) is 35.3 Å². The minimum absolute atomic E-state index is 0.130. The summed E-state index contributed by atoms with van der Waals surface area (Å²) in [5.41, 5.74) is 1.60. The first-order valence-electron chi connectivity index (χ1n) is 8.99. The average Bonchev–Trinajstić information content (AvgIpc) is 3.12. The van der Waals surface area contributed by atoms with E-state index in [-0.39, 0.29) is 18.5 Å². The molecular formula is C20H20Cl2N2O3. The predicted octanol–water partition coefficient (Wildman–Crippen LogP) is 4.54. The van der Waals surface area contributed by atoms with E-state index in [0.717, 1.165) is 36.4 Å². The first-order valence-corrected chi connectivity index (χ1v) is 9.75. The third-order valence-electron chi connectivity index (χ3n) is 4.89. The summed E-state index contributed by atoms with van der Waals surface area (Å²) in [6.07, 6.45) is 2.04. The second kappa shape index (κ2) is 7.97. The summed E-state index contributed by atoms with van der Waals surface area (Å²) >= 11 is 12.3. The van der Waals surface area contributed by atoms with Crippen LogP contribution in [0.5, 0.6) is 11.5 Å². The molecule has 0 radical (unpaired) electrons. The maximum absolute atomic E-state index is 12.6. The number of fused-ring (bicyclic) bond motifs is 1. The molecule has 2 aliphatic heterocycles. The first kappa shape index (κ1) is 18.4. The maximum atomic E-state index is 12.6. The van der Waals surface area contributed by atoms with E-state index in [9.17, 15) is 4.79 Å². The average molecular weight is 407 g/mol. The Labute approximate surface area is 168 Å². The summed E-state index contributed by atoms with van der Waals surface area (Å²) in [6.45, 7) is 2.28. The van der Waals surface area contributed by atoms with Crippen LogP contribution >= 0.6 is 23.2 Å². The van der Waals surface area contributed by atoms with E-state index in [2.05, 4.69) is 16.3 Å². The van der Waals surface area contributed by atoms with Gasteiger partial charge in [0.25, 0.3) is 0 Å². The van der Waals surface area contributed by atoms with Crippen molar-refractivity contribution in [3.05, 3.63) is 52.0 Å². The van der Waals surface area contributed by atoms with Gasteiger partial charge in [-0.3, -0.25) is 9.69 Å². The summed E-state index contributed by atoms with van der Waals surface area (Å²) in [4.78, 5) is 14.7. The van der Waals surface area contributed by atoms with Gasteiger partial charge in [0.15, 0.2) is 11.5 Å². The highest BCUT2D eigenvalue weighted by Gasteiger charge is 2.29. The van der Waals surface area contributed by atoms with Gasteiger partial charge in [-0.05, 0) is 49.2 Å². The molecular weight excluding hydrogens is 387 g/mol. The molecule has 1 fully saturated rings. The lowest BCUT2D eigenvalue weighted by Crippen LogP contribution is -2.33. The molecule has 5 nitrogen and oxygen atoms in total. The molecule has 2 aromatic rings. The van der Waals surface area contributed by atoms with Crippen molar-refractivity contribution in [1.82, 2.24) is 4.90 Å². The number of carbonyl (C=O) groups excluding carboxylic acids is 1. The van der Waals surface area contributed by atoms with Crippen molar-refractivity contribution >= 4 is 34.8 Å². The molecule has 1 saturated heterocycles. The van der Waals surface area contributed by atoms with Crippen LogP contribution in [-0.4, -0.2) is 37.1 Å². The number of hydrogen-bond donors (Lipinski definition) is 1. The molecule has 0 saturated carbocycles. The van der Waals surface area contributed by atoms with Gasteiger partial charge in [0, 0.05) is 6.04 Å². The van der Waals surface area contributed by atoms with Crippen LogP contribution in [0.1, 0.15) is 24.4 Å². The number of para-hydroxylation sites is 1. The van der Waals surface area contributed by atoms with Crippen LogP contribution in [0.25, 0.3) is 0 Å². The lowest BCUT2D eigenvalue weighted by molar-refractivity contribution is -0.117. The SMILES string of the molecule is O=C(CN1CCC[C@@H]1c1ccc2c(c1)OCCO2)Nc1c(Cl)cccc1Cl. The Balaban J connectivity index is 1.46. The smallest absolute Gasteiger partial charge is 0.238 e. The number of carbonyl (C=O) groups is 1. The van der Waals surface area contributed by atoms with Gasteiger partial charge >= 0.3 is 0 Å². The molecule has 0 bridgehead atoms. The molecule has 2 heterocycles. The number of benzene rings is 2. The van der Waals surface area contributed by atoms with E-state index in [1.54, 1.807) is 18.2 Å². The molecule has 2 aromatic carbocycles. The molecule has 4 rings (SSSR count). The van der Waals surface area contributed by atoms with E-state index < -0.39 is 0 Å². The van der Waals surface area contributed by atoms with Crippen molar-refractivity contribution in [2.75, 3.05) is 31.6 Å². The first-order chi connectivity index (χ1) is 13.1. The van der Waals surface area contributed by atoms with E-state index >= 15 is 0 Å². The summed E-state index contributed by atoms with van der Waals surface area (Å²) < 4.78 is 11.3. The number of nitrogens with zero attached hydrogens (tertiary/aromatic N) is 1. The summed E-state index contributed by atoms with van der Waals surface area (Å²) in [5.74, 6) is 1.42. The summed E-state index contributed by atoms with van der Waals surface area (Å²) in [6, 6.07) is 11.4. The van der Waals surface area contributed by atoms with Crippen LogP contribution < -0.4 is 14.8 Å². The standard InChI is InChI=1S/C20H20Cl2N2O3/c21-14-3-1-4-15(22)20(14)23-19(25)12-24-8-2-5-16(24)13-6-7-17-18(11-13)27-10-9-26-17/h1,3-4,6-7,11,16H,2,5,8-10,12H2,(H,23,25)/t16-/m1/s1. The van der Waals surface area contributed by atoms with Gasteiger partial charge in [0.05, 0.1) is 22.3 Å². The van der Waals surface area contributed by atoms with Crippen LogP contribution in [0.3, 0.4) is 0 Å². The molecule has 1 atom stereocenters. The van der Waals surface area contributed by atoms with Crippen molar-refractivity contribution in [3.8, 4) is 11.5 Å². The van der Waals surface area contributed by atoms with E-state index in [1.807, 2.05) is 12.1 Å². The highest BCUT2D eigenvalue weighted by molar-refractivity contribution is 6.39. The molecule has 0 spiro atoms. The zero-order valence-corrected chi connectivity index (χ0v) is 16.2.